The van der Waals surface area contributed by atoms with Gasteiger partial charge >= 0.3 is 0 Å². The van der Waals surface area contributed by atoms with Crippen LogP contribution in [0.25, 0.3) is 0 Å². The Kier molecular flexibility index (Phi) is 4.09. The average Bonchev–Trinajstić information content (AvgIpc) is 2.79. The molecule has 1 saturated heterocycles. The molecular weight excluding hydrogens is 194 g/mol. The van der Waals surface area contributed by atoms with Crippen LogP contribution < -0.4 is 0 Å². The van der Waals surface area contributed by atoms with Gasteiger partial charge in [0.1, 0.15) is 0 Å². The van der Waals surface area contributed by atoms with Crippen LogP contribution >= 0.6 is 0 Å². The van der Waals surface area contributed by atoms with Gasteiger partial charge in [0.2, 0.25) is 0 Å². The van der Waals surface area contributed by atoms with Crippen molar-refractivity contribution in [3.8, 4) is 0 Å². The summed E-state index contributed by atoms with van der Waals surface area (Å²) in [5.41, 5.74) is 0. The minimum absolute atomic E-state index is 0.0285. The van der Waals surface area contributed by atoms with Crippen molar-refractivity contribution in [3.05, 3.63) is 4.91 Å². The smallest absolute Gasteiger partial charge is 0.157 e. The van der Waals surface area contributed by atoms with Gasteiger partial charge in [-0.1, -0.05) is 18.0 Å². The van der Waals surface area contributed by atoms with Gasteiger partial charge in [-0.3, -0.25) is 0 Å². The van der Waals surface area contributed by atoms with Gasteiger partial charge in [0.05, 0.1) is 19.3 Å². The lowest BCUT2D eigenvalue weighted by Gasteiger charge is -2.26. The number of hydrogen-bond acceptors (Lipinski definition) is 4. The van der Waals surface area contributed by atoms with Gasteiger partial charge in [0.25, 0.3) is 0 Å². The van der Waals surface area contributed by atoms with E-state index in [1.165, 1.54) is 6.42 Å². The zero-order chi connectivity index (χ0) is 10.5. The normalized spacial score (nSPS) is 33.1. The maximum absolute atomic E-state index is 10.7. The lowest BCUT2D eigenvalue weighted by molar-refractivity contribution is -0.0513. The van der Waals surface area contributed by atoms with Crippen LogP contribution in [0.1, 0.15) is 38.5 Å². The summed E-state index contributed by atoms with van der Waals surface area (Å²) >= 11 is 0. The largest absolute Gasteiger partial charge is 0.350 e. The first-order valence-corrected chi connectivity index (χ1v) is 5.96. The Bertz CT molecular complexity index is 204. The van der Waals surface area contributed by atoms with Crippen molar-refractivity contribution < 1.29 is 9.47 Å². The van der Waals surface area contributed by atoms with Gasteiger partial charge in [0.15, 0.2) is 6.29 Å². The summed E-state index contributed by atoms with van der Waals surface area (Å²) in [5.74, 6) is 0.462. The van der Waals surface area contributed by atoms with E-state index in [1.54, 1.807) is 0 Å². The van der Waals surface area contributed by atoms with Gasteiger partial charge < -0.3 is 9.47 Å². The lowest BCUT2D eigenvalue weighted by atomic mass is 9.82. The van der Waals surface area contributed by atoms with E-state index in [1.807, 2.05) is 0 Å². The molecule has 86 valence electrons. The SMILES string of the molecule is O=NC1CCCCC1CCC1OCCO1. The molecule has 0 aromatic carbocycles. The first-order valence-electron chi connectivity index (χ1n) is 5.96. The van der Waals surface area contributed by atoms with Crippen LogP contribution in [0.2, 0.25) is 0 Å². The van der Waals surface area contributed by atoms with Gasteiger partial charge in [-0.15, -0.1) is 0 Å². The highest BCUT2D eigenvalue weighted by Crippen LogP contribution is 2.31. The second-order valence-electron chi connectivity index (χ2n) is 4.47. The van der Waals surface area contributed by atoms with Gasteiger partial charge in [-0.2, -0.15) is 4.91 Å². The first-order chi connectivity index (χ1) is 7.40. The molecule has 2 unspecified atom stereocenters. The van der Waals surface area contributed by atoms with Crippen LogP contribution in [0.15, 0.2) is 5.18 Å². The summed E-state index contributed by atoms with van der Waals surface area (Å²) in [4.78, 5) is 10.7. The molecule has 0 N–H and O–H groups in total. The van der Waals surface area contributed by atoms with E-state index in [0.717, 1.165) is 32.1 Å². The van der Waals surface area contributed by atoms with Crippen LogP contribution in [-0.2, 0) is 9.47 Å². The molecule has 1 aliphatic carbocycles. The van der Waals surface area contributed by atoms with Crippen molar-refractivity contribution in [3.63, 3.8) is 0 Å². The highest BCUT2D eigenvalue weighted by atomic mass is 16.7. The number of nitroso groups, excluding NO2 is 1. The Balaban J connectivity index is 1.73. The fraction of sp³-hybridized carbons (Fsp3) is 1.00. The molecule has 1 aliphatic heterocycles. The summed E-state index contributed by atoms with van der Waals surface area (Å²) in [5, 5.41) is 3.24. The number of ether oxygens (including phenoxy) is 2. The molecule has 0 aromatic heterocycles. The van der Waals surface area contributed by atoms with E-state index in [4.69, 9.17) is 9.47 Å². The molecule has 2 rings (SSSR count). The summed E-state index contributed by atoms with van der Waals surface area (Å²) in [6.45, 7) is 1.43. The average molecular weight is 213 g/mol. The molecule has 0 bridgehead atoms. The Morgan fingerprint density at radius 1 is 1.07 bits per heavy atom. The molecule has 15 heavy (non-hydrogen) atoms. The summed E-state index contributed by atoms with van der Waals surface area (Å²) < 4.78 is 10.8. The quantitative estimate of drug-likeness (QED) is 0.674. The van der Waals surface area contributed by atoms with E-state index >= 15 is 0 Å². The van der Waals surface area contributed by atoms with Crippen LogP contribution in [0.4, 0.5) is 0 Å². The zero-order valence-electron chi connectivity index (χ0n) is 9.06. The molecule has 1 heterocycles. The van der Waals surface area contributed by atoms with Crippen LogP contribution in [0.5, 0.6) is 0 Å². The first kappa shape index (κ1) is 11.0. The van der Waals surface area contributed by atoms with Gasteiger partial charge in [-0.25, -0.2) is 0 Å². The fourth-order valence-electron chi connectivity index (χ4n) is 2.59. The van der Waals surface area contributed by atoms with Crippen LogP contribution in [-0.4, -0.2) is 25.5 Å². The molecule has 0 radical (unpaired) electrons. The highest BCUT2D eigenvalue weighted by Gasteiger charge is 2.27. The number of rotatable bonds is 4. The number of nitrogens with zero attached hydrogens (tertiary/aromatic N) is 1. The van der Waals surface area contributed by atoms with E-state index in [2.05, 4.69) is 5.18 Å². The lowest BCUT2D eigenvalue weighted by Crippen LogP contribution is -2.24. The van der Waals surface area contributed by atoms with Crippen LogP contribution in [0.3, 0.4) is 0 Å². The van der Waals surface area contributed by atoms with Crippen molar-refractivity contribution in [1.29, 1.82) is 0 Å². The monoisotopic (exact) mass is 213 g/mol. The topological polar surface area (TPSA) is 47.9 Å². The molecule has 2 aliphatic rings. The highest BCUT2D eigenvalue weighted by molar-refractivity contribution is 4.80. The van der Waals surface area contributed by atoms with E-state index in [9.17, 15) is 4.91 Å². The molecule has 2 fully saturated rings. The van der Waals surface area contributed by atoms with Crippen molar-refractivity contribution in [2.75, 3.05) is 13.2 Å². The van der Waals surface area contributed by atoms with E-state index < -0.39 is 0 Å². The second kappa shape index (κ2) is 5.56. The predicted molar refractivity (Wildman–Crippen MR) is 56.5 cm³/mol. The molecule has 0 spiro atoms. The Morgan fingerprint density at radius 3 is 2.53 bits per heavy atom. The molecule has 0 aromatic rings. The predicted octanol–water partition coefficient (Wildman–Crippen LogP) is 2.46. The molecule has 1 saturated carbocycles. The fourth-order valence-corrected chi connectivity index (χ4v) is 2.59. The third-order valence-corrected chi connectivity index (χ3v) is 3.47. The maximum atomic E-state index is 10.7. The molecule has 2 atom stereocenters. The van der Waals surface area contributed by atoms with Crippen molar-refractivity contribution in [1.82, 2.24) is 0 Å². The zero-order valence-corrected chi connectivity index (χ0v) is 9.06. The van der Waals surface area contributed by atoms with Crippen LogP contribution in [0, 0.1) is 10.8 Å². The Morgan fingerprint density at radius 2 is 1.80 bits per heavy atom. The van der Waals surface area contributed by atoms with E-state index in [-0.39, 0.29) is 12.3 Å². The molecule has 0 amide bonds. The molecular formula is C11H19NO3. The van der Waals surface area contributed by atoms with E-state index in [0.29, 0.717) is 19.1 Å². The Hall–Kier alpha value is -0.480. The third-order valence-electron chi connectivity index (χ3n) is 3.47. The second-order valence-corrected chi connectivity index (χ2v) is 4.47. The minimum Gasteiger partial charge on any atom is -0.350 e. The molecule has 4 nitrogen and oxygen atoms in total. The van der Waals surface area contributed by atoms with Crippen molar-refractivity contribution in [2.24, 2.45) is 11.1 Å². The third kappa shape index (κ3) is 2.98. The van der Waals surface area contributed by atoms with Gasteiger partial charge in [-0.05, 0) is 31.6 Å². The minimum atomic E-state index is -0.0285. The maximum Gasteiger partial charge on any atom is 0.157 e. The molecule has 4 heteroatoms. The number of hydrogen-bond donors (Lipinski definition) is 0. The standard InChI is InChI=1S/C11H19NO3/c13-12-10-4-2-1-3-9(10)5-6-11-14-7-8-15-11/h9-11H,1-8H2. The summed E-state index contributed by atoms with van der Waals surface area (Å²) in [7, 11) is 0. The van der Waals surface area contributed by atoms with Crippen molar-refractivity contribution in [2.45, 2.75) is 50.9 Å². The Labute approximate surface area is 90.3 Å². The van der Waals surface area contributed by atoms with Crippen molar-refractivity contribution >= 4 is 0 Å². The summed E-state index contributed by atoms with van der Waals surface area (Å²) in [6.07, 6.45) is 6.41. The van der Waals surface area contributed by atoms with Gasteiger partial charge in [0, 0.05) is 0 Å². The summed E-state index contributed by atoms with van der Waals surface area (Å²) in [6, 6.07) is 0.0418.